The van der Waals surface area contributed by atoms with Crippen molar-refractivity contribution in [1.82, 2.24) is 4.31 Å². The van der Waals surface area contributed by atoms with Crippen molar-refractivity contribution in [3.8, 4) is 5.75 Å². The van der Waals surface area contributed by atoms with E-state index in [1.807, 2.05) is 0 Å². The van der Waals surface area contributed by atoms with Gasteiger partial charge in [-0.2, -0.15) is 4.31 Å². The van der Waals surface area contributed by atoms with Crippen molar-refractivity contribution in [2.75, 3.05) is 20.2 Å². The zero-order chi connectivity index (χ0) is 17.2. The molecule has 1 unspecified atom stereocenters. The summed E-state index contributed by atoms with van der Waals surface area (Å²) in [6, 6.07) is 3.82. The van der Waals surface area contributed by atoms with Crippen LogP contribution in [0.2, 0.25) is 0 Å². The van der Waals surface area contributed by atoms with Crippen LogP contribution in [0.1, 0.15) is 23.2 Å². The predicted molar refractivity (Wildman–Crippen MR) is 80.6 cm³/mol. The van der Waals surface area contributed by atoms with Crippen LogP contribution >= 0.6 is 0 Å². The molecule has 2 rings (SSSR count). The monoisotopic (exact) mass is 342 g/mol. The molecule has 9 heteroatoms. The standard InChI is InChI=1S/C14H18N2O6S/c1-22-12-5-4-10(7-11(12)13(15)17)23(20,21)16-6-2-3-9(8-16)14(18)19/h4-5,7,9H,2-3,6,8H2,1H3,(H2,15,17)(H,18,19). The lowest BCUT2D eigenvalue weighted by molar-refractivity contribution is -0.142. The Kier molecular flexibility index (Phi) is 4.90. The molecular weight excluding hydrogens is 324 g/mol. The number of carbonyl (C=O) groups is 2. The SMILES string of the molecule is COc1ccc(S(=O)(=O)N2CCCC(C(=O)O)C2)cc1C(N)=O. The number of hydrogen-bond acceptors (Lipinski definition) is 5. The molecule has 0 aliphatic carbocycles. The highest BCUT2D eigenvalue weighted by Gasteiger charge is 2.33. The van der Waals surface area contributed by atoms with E-state index >= 15 is 0 Å². The van der Waals surface area contributed by atoms with Crippen molar-refractivity contribution in [3.63, 3.8) is 0 Å². The van der Waals surface area contributed by atoms with Crippen molar-refractivity contribution in [2.45, 2.75) is 17.7 Å². The molecule has 0 aromatic heterocycles. The number of benzene rings is 1. The summed E-state index contributed by atoms with van der Waals surface area (Å²) in [5.74, 6) is -2.37. The van der Waals surface area contributed by atoms with Gasteiger partial charge >= 0.3 is 5.97 Å². The number of amides is 1. The minimum Gasteiger partial charge on any atom is -0.496 e. The maximum absolute atomic E-state index is 12.7. The number of carboxylic acid groups (broad SMARTS) is 1. The molecule has 1 atom stereocenters. The number of sulfonamides is 1. The van der Waals surface area contributed by atoms with E-state index in [2.05, 4.69) is 0 Å². The first-order valence-corrected chi connectivity index (χ1v) is 8.42. The zero-order valence-corrected chi connectivity index (χ0v) is 13.4. The molecule has 1 aromatic rings. The highest BCUT2D eigenvalue weighted by Crippen LogP contribution is 2.27. The number of primary amides is 1. The minimum atomic E-state index is -3.90. The smallest absolute Gasteiger partial charge is 0.307 e. The fraction of sp³-hybridized carbons (Fsp3) is 0.429. The number of hydrogen-bond donors (Lipinski definition) is 2. The maximum Gasteiger partial charge on any atom is 0.307 e. The van der Waals surface area contributed by atoms with Crippen molar-refractivity contribution in [1.29, 1.82) is 0 Å². The lowest BCUT2D eigenvalue weighted by atomic mass is 10.0. The summed E-state index contributed by atoms with van der Waals surface area (Å²) in [6.45, 7) is 0.152. The summed E-state index contributed by atoms with van der Waals surface area (Å²) in [4.78, 5) is 22.4. The molecule has 1 aliphatic rings. The number of rotatable bonds is 5. The van der Waals surface area contributed by atoms with Crippen LogP contribution in [0, 0.1) is 5.92 Å². The van der Waals surface area contributed by atoms with Gasteiger partial charge in [-0.25, -0.2) is 8.42 Å². The Morgan fingerprint density at radius 1 is 1.39 bits per heavy atom. The van der Waals surface area contributed by atoms with E-state index in [1.54, 1.807) is 0 Å². The van der Waals surface area contributed by atoms with E-state index in [0.717, 1.165) is 10.4 Å². The Labute approximate surface area is 133 Å². The molecule has 8 nitrogen and oxygen atoms in total. The van der Waals surface area contributed by atoms with Gasteiger partial charge in [-0.3, -0.25) is 9.59 Å². The van der Waals surface area contributed by atoms with Crippen LogP contribution in [-0.4, -0.2) is 49.9 Å². The second-order valence-corrected chi connectivity index (χ2v) is 7.20. The van der Waals surface area contributed by atoms with Crippen LogP contribution in [-0.2, 0) is 14.8 Å². The first-order chi connectivity index (χ1) is 10.8. The summed E-state index contributed by atoms with van der Waals surface area (Å²) in [5.41, 5.74) is 5.20. The minimum absolute atomic E-state index is 0.0413. The molecule has 1 heterocycles. The van der Waals surface area contributed by atoms with Crippen molar-refractivity contribution < 1.29 is 27.9 Å². The van der Waals surface area contributed by atoms with E-state index in [1.165, 1.54) is 19.2 Å². The third kappa shape index (κ3) is 3.45. The Bertz CT molecular complexity index is 731. The highest BCUT2D eigenvalue weighted by molar-refractivity contribution is 7.89. The normalized spacial score (nSPS) is 19.3. The zero-order valence-electron chi connectivity index (χ0n) is 12.6. The highest BCUT2D eigenvalue weighted by atomic mass is 32.2. The van der Waals surface area contributed by atoms with Gasteiger partial charge in [0.2, 0.25) is 10.0 Å². The molecule has 0 spiro atoms. The summed E-state index contributed by atoms with van der Waals surface area (Å²) in [6.07, 6.45) is 0.908. The average Bonchev–Trinajstić information content (AvgIpc) is 2.54. The first kappa shape index (κ1) is 17.2. The van der Waals surface area contributed by atoms with Crippen LogP contribution in [0.15, 0.2) is 23.1 Å². The largest absolute Gasteiger partial charge is 0.496 e. The van der Waals surface area contributed by atoms with Crippen molar-refractivity contribution in [3.05, 3.63) is 23.8 Å². The van der Waals surface area contributed by atoms with Crippen molar-refractivity contribution in [2.24, 2.45) is 11.7 Å². The van der Waals surface area contributed by atoms with Gasteiger partial charge in [0.25, 0.3) is 5.91 Å². The summed E-state index contributed by atoms with van der Waals surface area (Å²) in [7, 11) is -2.56. The number of carbonyl (C=O) groups excluding carboxylic acids is 1. The summed E-state index contributed by atoms with van der Waals surface area (Å²) >= 11 is 0. The van der Waals surface area contributed by atoms with Gasteiger partial charge in [0.1, 0.15) is 5.75 Å². The van der Waals surface area contributed by atoms with Gasteiger partial charge in [-0.1, -0.05) is 0 Å². The average molecular weight is 342 g/mol. The molecule has 0 saturated carbocycles. The Hall–Kier alpha value is -2.13. The second kappa shape index (κ2) is 6.55. The van der Waals surface area contributed by atoms with Gasteiger partial charge in [0.05, 0.1) is 23.5 Å². The van der Waals surface area contributed by atoms with E-state index in [4.69, 9.17) is 15.6 Å². The number of nitrogens with two attached hydrogens (primary N) is 1. The molecule has 1 saturated heterocycles. The summed E-state index contributed by atoms with van der Waals surface area (Å²) in [5, 5.41) is 9.08. The van der Waals surface area contributed by atoms with Gasteiger partial charge in [0, 0.05) is 13.1 Å². The third-order valence-electron chi connectivity index (χ3n) is 3.81. The van der Waals surface area contributed by atoms with Crippen LogP contribution in [0.5, 0.6) is 5.75 Å². The molecule has 1 aliphatic heterocycles. The summed E-state index contributed by atoms with van der Waals surface area (Å²) < 4.78 is 31.4. The van der Waals surface area contributed by atoms with Crippen LogP contribution in [0.25, 0.3) is 0 Å². The van der Waals surface area contributed by atoms with Gasteiger partial charge in [-0.05, 0) is 31.0 Å². The molecule has 1 fully saturated rings. The Morgan fingerprint density at radius 3 is 2.65 bits per heavy atom. The number of ether oxygens (including phenoxy) is 1. The molecule has 1 aromatic carbocycles. The Morgan fingerprint density at radius 2 is 2.09 bits per heavy atom. The van der Waals surface area contributed by atoms with Gasteiger partial charge < -0.3 is 15.6 Å². The molecule has 23 heavy (non-hydrogen) atoms. The Balaban J connectivity index is 2.38. The van der Waals surface area contributed by atoms with E-state index in [-0.39, 0.29) is 29.3 Å². The van der Waals surface area contributed by atoms with Gasteiger partial charge in [-0.15, -0.1) is 0 Å². The molecule has 126 valence electrons. The molecule has 3 N–H and O–H groups in total. The van der Waals surface area contributed by atoms with Crippen LogP contribution < -0.4 is 10.5 Å². The van der Waals surface area contributed by atoms with Crippen LogP contribution in [0.4, 0.5) is 0 Å². The second-order valence-electron chi connectivity index (χ2n) is 5.27. The predicted octanol–water partition coefficient (Wildman–Crippen LogP) is 0.279. The molecular formula is C14H18N2O6S. The number of piperidine rings is 1. The molecule has 1 amide bonds. The molecule has 0 radical (unpaired) electrons. The van der Waals surface area contributed by atoms with E-state index < -0.39 is 27.8 Å². The number of aliphatic carboxylic acids is 1. The van der Waals surface area contributed by atoms with E-state index in [9.17, 15) is 18.0 Å². The van der Waals surface area contributed by atoms with Crippen LogP contribution in [0.3, 0.4) is 0 Å². The fourth-order valence-corrected chi connectivity index (χ4v) is 4.10. The van der Waals surface area contributed by atoms with Gasteiger partial charge in [0.15, 0.2) is 0 Å². The maximum atomic E-state index is 12.7. The number of methoxy groups -OCH3 is 1. The number of carboxylic acids is 1. The van der Waals surface area contributed by atoms with E-state index in [0.29, 0.717) is 12.8 Å². The third-order valence-corrected chi connectivity index (χ3v) is 5.67. The lowest BCUT2D eigenvalue weighted by Gasteiger charge is -2.29. The quantitative estimate of drug-likeness (QED) is 0.791. The lowest BCUT2D eigenvalue weighted by Crippen LogP contribution is -2.42. The molecule has 0 bridgehead atoms. The topological polar surface area (TPSA) is 127 Å². The first-order valence-electron chi connectivity index (χ1n) is 6.98. The van der Waals surface area contributed by atoms with Crippen molar-refractivity contribution >= 4 is 21.9 Å². The fourth-order valence-electron chi connectivity index (χ4n) is 2.55. The number of nitrogens with zero attached hydrogens (tertiary/aromatic N) is 1.